The standard InChI is InChI=1S/C16H21N5O6S/c22-15-12-17-16(23)20(15)7-3-6-18-8-10-19(11-9-18)28(26,27)14-5-2-1-4-13(14)21(24)25/h1-2,4-5H,3,6-12H2,(H,17,23). The van der Waals surface area contributed by atoms with Crippen LogP contribution in [0.25, 0.3) is 0 Å². The number of amides is 3. The molecule has 0 aliphatic carbocycles. The first kappa shape index (κ1) is 20.2. The van der Waals surface area contributed by atoms with Crippen molar-refractivity contribution in [2.75, 3.05) is 45.8 Å². The van der Waals surface area contributed by atoms with Gasteiger partial charge in [0.05, 0.1) is 11.5 Å². The first-order chi connectivity index (χ1) is 13.3. The summed E-state index contributed by atoms with van der Waals surface area (Å²) >= 11 is 0. The summed E-state index contributed by atoms with van der Waals surface area (Å²) in [6, 6.07) is 4.94. The summed E-state index contributed by atoms with van der Waals surface area (Å²) in [6.07, 6.45) is 0.593. The number of rotatable bonds is 7. The number of hydrogen-bond acceptors (Lipinski definition) is 7. The summed E-state index contributed by atoms with van der Waals surface area (Å²) in [7, 11) is -3.95. The number of urea groups is 1. The summed E-state index contributed by atoms with van der Waals surface area (Å²) < 4.78 is 26.8. The van der Waals surface area contributed by atoms with Crippen LogP contribution in [-0.4, -0.2) is 85.2 Å². The number of benzene rings is 1. The van der Waals surface area contributed by atoms with Gasteiger partial charge in [-0.05, 0) is 19.0 Å². The Balaban J connectivity index is 1.54. The van der Waals surface area contributed by atoms with Crippen molar-refractivity contribution < 1.29 is 22.9 Å². The van der Waals surface area contributed by atoms with E-state index < -0.39 is 20.6 Å². The minimum atomic E-state index is -3.95. The van der Waals surface area contributed by atoms with Gasteiger partial charge in [0.15, 0.2) is 4.90 Å². The molecule has 28 heavy (non-hydrogen) atoms. The van der Waals surface area contributed by atoms with Crippen LogP contribution in [0.15, 0.2) is 29.2 Å². The van der Waals surface area contributed by atoms with Crippen LogP contribution in [0.5, 0.6) is 0 Å². The molecule has 2 aliphatic rings. The maximum absolute atomic E-state index is 12.8. The average Bonchev–Trinajstić information content (AvgIpc) is 3.00. The third-order valence-corrected chi connectivity index (χ3v) is 6.75. The second kappa shape index (κ2) is 8.20. The zero-order valence-electron chi connectivity index (χ0n) is 15.1. The molecule has 2 fully saturated rings. The van der Waals surface area contributed by atoms with Crippen LogP contribution in [0.1, 0.15) is 6.42 Å². The fourth-order valence-corrected chi connectivity index (χ4v) is 4.87. The Morgan fingerprint density at radius 3 is 2.36 bits per heavy atom. The van der Waals surface area contributed by atoms with Crippen LogP contribution < -0.4 is 5.32 Å². The Morgan fingerprint density at radius 2 is 1.75 bits per heavy atom. The Morgan fingerprint density at radius 1 is 1.07 bits per heavy atom. The minimum Gasteiger partial charge on any atom is -0.329 e. The van der Waals surface area contributed by atoms with Gasteiger partial charge in [-0.25, -0.2) is 13.2 Å². The van der Waals surface area contributed by atoms with Gasteiger partial charge in [0.1, 0.15) is 0 Å². The molecular formula is C16H21N5O6S. The first-order valence-electron chi connectivity index (χ1n) is 8.85. The fourth-order valence-electron chi connectivity index (χ4n) is 3.29. The second-order valence-electron chi connectivity index (χ2n) is 6.53. The monoisotopic (exact) mass is 411 g/mol. The molecule has 1 aromatic carbocycles. The predicted molar refractivity (Wildman–Crippen MR) is 98.0 cm³/mol. The predicted octanol–water partition coefficient (Wildman–Crippen LogP) is -0.157. The fraction of sp³-hybridized carbons (Fsp3) is 0.500. The Hall–Kier alpha value is -2.57. The van der Waals surface area contributed by atoms with E-state index in [1.807, 2.05) is 4.90 Å². The average molecular weight is 411 g/mol. The number of imide groups is 1. The van der Waals surface area contributed by atoms with Gasteiger partial charge in [-0.2, -0.15) is 4.31 Å². The van der Waals surface area contributed by atoms with Crippen LogP contribution in [-0.2, 0) is 14.8 Å². The summed E-state index contributed by atoms with van der Waals surface area (Å²) in [5.41, 5.74) is -0.432. The molecule has 11 nitrogen and oxygen atoms in total. The maximum Gasteiger partial charge on any atom is 0.324 e. The molecule has 12 heteroatoms. The first-order valence-corrected chi connectivity index (χ1v) is 10.3. The number of piperazine rings is 1. The van der Waals surface area contributed by atoms with Gasteiger partial charge in [-0.3, -0.25) is 19.8 Å². The van der Waals surface area contributed by atoms with E-state index >= 15 is 0 Å². The molecule has 0 atom stereocenters. The molecule has 0 spiro atoms. The van der Waals surface area contributed by atoms with Crippen molar-refractivity contribution in [3.8, 4) is 0 Å². The normalized spacial score (nSPS) is 19.1. The lowest BCUT2D eigenvalue weighted by atomic mass is 10.3. The third kappa shape index (κ3) is 4.13. The Kier molecular flexibility index (Phi) is 5.91. The second-order valence-corrected chi connectivity index (χ2v) is 8.43. The number of para-hydroxylation sites is 1. The zero-order valence-corrected chi connectivity index (χ0v) is 15.9. The highest BCUT2D eigenvalue weighted by Crippen LogP contribution is 2.26. The van der Waals surface area contributed by atoms with E-state index in [1.54, 1.807) is 0 Å². The van der Waals surface area contributed by atoms with Crippen molar-refractivity contribution >= 4 is 27.6 Å². The van der Waals surface area contributed by atoms with Crippen LogP contribution in [0.2, 0.25) is 0 Å². The Labute approximate surface area is 162 Å². The zero-order chi connectivity index (χ0) is 20.3. The summed E-state index contributed by atoms with van der Waals surface area (Å²) in [5, 5.41) is 13.6. The smallest absolute Gasteiger partial charge is 0.324 e. The maximum atomic E-state index is 12.8. The van der Waals surface area contributed by atoms with E-state index in [4.69, 9.17) is 0 Å². The molecule has 2 aliphatic heterocycles. The largest absolute Gasteiger partial charge is 0.329 e. The Bertz CT molecular complexity index is 865. The van der Waals surface area contributed by atoms with E-state index in [-0.39, 0.29) is 36.5 Å². The van der Waals surface area contributed by atoms with Crippen LogP contribution in [0.4, 0.5) is 10.5 Å². The van der Waals surface area contributed by atoms with E-state index in [9.17, 15) is 28.1 Å². The number of nitrogens with zero attached hydrogens (tertiary/aromatic N) is 4. The molecule has 3 amide bonds. The van der Waals surface area contributed by atoms with Crippen LogP contribution in [0, 0.1) is 10.1 Å². The van der Waals surface area contributed by atoms with Gasteiger partial charge in [0.2, 0.25) is 15.9 Å². The third-order valence-electron chi connectivity index (χ3n) is 4.80. The van der Waals surface area contributed by atoms with Crippen molar-refractivity contribution in [1.82, 2.24) is 19.4 Å². The van der Waals surface area contributed by atoms with E-state index in [2.05, 4.69) is 5.32 Å². The quantitative estimate of drug-likeness (QED) is 0.374. The number of carbonyl (C=O) groups is 2. The lowest BCUT2D eigenvalue weighted by molar-refractivity contribution is -0.387. The van der Waals surface area contributed by atoms with Gasteiger partial charge < -0.3 is 10.2 Å². The molecule has 2 saturated heterocycles. The van der Waals surface area contributed by atoms with E-state index in [0.29, 0.717) is 32.6 Å². The lowest BCUT2D eigenvalue weighted by Crippen LogP contribution is -2.49. The number of carbonyl (C=O) groups excluding carboxylic acids is 2. The highest BCUT2D eigenvalue weighted by Gasteiger charge is 2.33. The summed E-state index contributed by atoms with van der Waals surface area (Å²) in [4.78, 5) is 36.4. The number of nitro benzene ring substituents is 1. The van der Waals surface area contributed by atoms with E-state index in [1.165, 1.54) is 33.5 Å². The van der Waals surface area contributed by atoms with Crippen molar-refractivity contribution in [3.05, 3.63) is 34.4 Å². The highest BCUT2D eigenvalue weighted by molar-refractivity contribution is 7.89. The van der Waals surface area contributed by atoms with Gasteiger partial charge in [-0.1, -0.05) is 12.1 Å². The molecule has 0 saturated carbocycles. The molecule has 0 aromatic heterocycles. The van der Waals surface area contributed by atoms with Gasteiger partial charge in [-0.15, -0.1) is 0 Å². The molecule has 1 aromatic rings. The number of nitro groups is 1. The topological polar surface area (TPSA) is 133 Å². The van der Waals surface area contributed by atoms with Crippen LogP contribution in [0.3, 0.4) is 0 Å². The lowest BCUT2D eigenvalue weighted by Gasteiger charge is -2.34. The molecule has 0 bridgehead atoms. The van der Waals surface area contributed by atoms with Gasteiger partial charge >= 0.3 is 6.03 Å². The van der Waals surface area contributed by atoms with Gasteiger partial charge in [0, 0.05) is 38.8 Å². The summed E-state index contributed by atoms with van der Waals surface area (Å²) in [5.74, 6) is -0.245. The molecule has 2 heterocycles. The molecule has 152 valence electrons. The van der Waals surface area contributed by atoms with Crippen molar-refractivity contribution in [2.45, 2.75) is 11.3 Å². The molecule has 3 rings (SSSR count). The number of nitrogens with one attached hydrogen (secondary N) is 1. The molecule has 0 unspecified atom stereocenters. The molecule has 0 radical (unpaired) electrons. The van der Waals surface area contributed by atoms with Crippen molar-refractivity contribution in [1.29, 1.82) is 0 Å². The minimum absolute atomic E-state index is 0.0288. The molecular weight excluding hydrogens is 390 g/mol. The molecule has 1 N–H and O–H groups in total. The van der Waals surface area contributed by atoms with Crippen molar-refractivity contribution in [3.63, 3.8) is 0 Å². The highest BCUT2D eigenvalue weighted by atomic mass is 32.2. The van der Waals surface area contributed by atoms with Crippen molar-refractivity contribution in [2.24, 2.45) is 0 Å². The van der Waals surface area contributed by atoms with E-state index in [0.717, 1.165) is 0 Å². The summed E-state index contributed by atoms with van der Waals surface area (Å²) in [6.45, 7) is 2.35. The number of hydrogen-bond donors (Lipinski definition) is 1. The van der Waals surface area contributed by atoms with Crippen LogP contribution >= 0.6 is 0 Å². The SMILES string of the molecule is O=C1CNC(=O)N1CCCN1CCN(S(=O)(=O)c2ccccc2[N+](=O)[O-])CC1. The van der Waals surface area contributed by atoms with Gasteiger partial charge in [0.25, 0.3) is 5.69 Å². The number of sulfonamides is 1.